The van der Waals surface area contributed by atoms with E-state index in [2.05, 4.69) is 10.5 Å². The highest BCUT2D eigenvalue weighted by molar-refractivity contribution is 6.30. The highest BCUT2D eigenvalue weighted by Crippen LogP contribution is 2.19. The zero-order valence-electron chi connectivity index (χ0n) is 16.2. The molecule has 3 aromatic rings. The molecule has 0 aliphatic carbocycles. The largest absolute Gasteiger partial charge is 0.483 e. The summed E-state index contributed by atoms with van der Waals surface area (Å²) in [6.45, 7) is 1.73. The number of ether oxygens (including phenoxy) is 2. The number of para-hydroxylation sites is 2. The monoisotopic (exact) mass is 422 g/mol. The van der Waals surface area contributed by atoms with Crippen molar-refractivity contribution in [1.29, 1.82) is 0 Å². The van der Waals surface area contributed by atoms with Crippen molar-refractivity contribution in [2.75, 3.05) is 6.61 Å². The third-order valence-electron chi connectivity index (χ3n) is 4.05. The van der Waals surface area contributed by atoms with Crippen molar-refractivity contribution in [3.63, 3.8) is 0 Å². The van der Waals surface area contributed by atoms with E-state index >= 15 is 0 Å². The molecule has 0 unspecified atom stereocenters. The number of hydrogen-bond acceptors (Lipinski definition) is 5. The highest BCUT2D eigenvalue weighted by Gasteiger charge is 2.11. The summed E-state index contributed by atoms with van der Waals surface area (Å²) in [5, 5.41) is 4.44. The molecule has 6 nitrogen and oxygen atoms in total. The molecule has 1 N–H and O–H groups in total. The quantitative estimate of drug-likeness (QED) is 0.265. The van der Waals surface area contributed by atoms with E-state index in [9.17, 15) is 9.59 Å². The van der Waals surface area contributed by atoms with Crippen molar-refractivity contribution < 1.29 is 19.1 Å². The second-order valence-corrected chi connectivity index (χ2v) is 6.72. The van der Waals surface area contributed by atoms with E-state index in [1.165, 1.54) is 6.21 Å². The van der Waals surface area contributed by atoms with Gasteiger partial charge in [-0.1, -0.05) is 41.9 Å². The molecule has 3 rings (SSSR count). The van der Waals surface area contributed by atoms with Gasteiger partial charge in [0.05, 0.1) is 11.8 Å². The first kappa shape index (κ1) is 21.1. The molecule has 0 spiro atoms. The summed E-state index contributed by atoms with van der Waals surface area (Å²) in [6.07, 6.45) is 1.40. The maximum Gasteiger partial charge on any atom is 0.343 e. The van der Waals surface area contributed by atoms with Crippen molar-refractivity contribution in [2.24, 2.45) is 5.10 Å². The van der Waals surface area contributed by atoms with Gasteiger partial charge in [-0.05, 0) is 55.0 Å². The topological polar surface area (TPSA) is 77.0 Å². The van der Waals surface area contributed by atoms with Crippen LogP contribution in [-0.4, -0.2) is 24.7 Å². The van der Waals surface area contributed by atoms with Gasteiger partial charge in [-0.15, -0.1) is 0 Å². The van der Waals surface area contributed by atoms with Crippen LogP contribution in [0.25, 0.3) is 0 Å². The number of benzene rings is 3. The lowest BCUT2D eigenvalue weighted by atomic mass is 10.2. The fourth-order valence-corrected chi connectivity index (χ4v) is 2.62. The molecule has 0 saturated heterocycles. The van der Waals surface area contributed by atoms with Crippen LogP contribution in [0.4, 0.5) is 0 Å². The van der Waals surface area contributed by atoms with Gasteiger partial charge in [0.25, 0.3) is 5.91 Å². The fraction of sp³-hybridized carbons (Fsp3) is 0.0870. The van der Waals surface area contributed by atoms with Crippen LogP contribution in [0.15, 0.2) is 77.9 Å². The Labute approximate surface area is 179 Å². The van der Waals surface area contributed by atoms with Crippen molar-refractivity contribution in [3.8, 4) is 11.5 Å². The number of nitrogens with zero attached hydrogens (tertiary/aromatic N) is 1. The second kappa shape index (κ2) is 10.2. The number of aryl methyl sites for hydroxylation is 1. The Kier molecular flexibility index (Phi) is 7.19. The SMILES string of the molecule is Cc1ccccc1OCC(=O)N/N=C\c1ccccc1OC(=O)c1ccc(Cl)cc1. The third-order valence-corrected chi connectivity index (χ3v) is 4.30. The zero-order chi connectivity index (χ0) is 21.3. The molecule has 1 amide bonds. The normalized spacial score (nSPS) is 10.6. The summed E-state index contributed by atoms with van der Waals surface area (Å²) < 4.78 is 10.9. The number of nitrogens with one attached hydrogen (secondary N) is 1. The first-order valence-electron chi connectivity index (χ1n) is 9.10. The Bertz CT molecular complexity index is 1060. The Morgan fingerprint density at radius 3 is 2.37 bits per heavy atom. The lowest BCUT2D eigenvalue weighted by molar-refractivity contribution is -0.123. The van der Waals surface area contributed by atoms with Gasteiger partial charge in [-0.3, -0.25) is 4.79 Å². The van der Waals surface area contributed by atoms with Crippen LogP contribution >= 0.6 is 11.6 Å². The zero-order valence-corrected chi connectivity index (χ0v) is 16.9. The number of hydrazone groups is 1. The lowest BCUT2D eigenvalue weighted by Crippen LogP contribution is -2.24. The maximum absolute atomic E-state index is 12.3. The molecule has 0 heterocycles. The number of carbonyl (C=O) groups excluding carboxylic acids is 2. The van der Waals surface area contributed by atoms with Gasteiger partial charge in [0, 0.05) is 10.6 Å². The van der Waals surface area contributed by atoms with Crippen molar-refractivity contribution >= 4 is 29.7 Å². The predicted molar refractivity (Wildman–Crippen MR) is 115 cm³/mol. The number of hydrogen-bond donors (Lipinski definition) is 1. The second-order valence-electron chi connectivity index (χ2n) is 6.28. The van der Waals surface area contributed by atoms with Crippen LogP contribution in [0.3, 0.4) is 0 Å². The van der Waals surface area contributed by atoms with E-state index < -0.39 is 11.9 Å². The fourth-order valence-electron chi connectivity index (χ4n) is 2.49. The van der Waals surface area contributed by atoms with Crippen LogP contribution in [0.2, 0.25) is 5.02 Å². The molecule has 30 heavy (non-hydrogen) atoms. The number of rotatable bonds is 7. The van der Waals surface area contributed by atoms with Gasteiger partial charge >= 0.3 is 5.97 Å². The number of amides is 1. The highest BCUT2D eigenvalue weighted by atomic mass is 35.5. The molecular formula is C23H19ClN2O4. The van der Waals surface area contributed by atoms with Gasteiger partial charge < -0.3 is 9.47 Å². The van der Waals surface area contributed by atoms with Gasteiger partial charge in [0.1, 0.15) is 11.5 Å². The van der Waals surface area contributed by atoms with E-state index in [1.54, 1.807) is 54.6 Å². The van der Waals surface area contributed by atoms with Crippen LogP contribution < -0.4 is 14.9 Å². The number of esters is 1. The Morgan fingerprint density at radius 2 is 1.63 bits per heavy atom. The van der Waals surface area contributed by atoms with Gasteiger partial charge in [0.15, 0.2) is 6.61 Å². The summed E-state index contributed by atoms with van der Waals surface area (Å²) >= 11 is 5.84. The summed E-state index contributed by atoms with van der Waals surface area (Å²) in [7, 11) is 0. The molecule has 0 atom stereocenters. The standard InChI is InChI=1S/C23H19ClN2O4/c1-16-6-2-4-8-20(16)29-15-22(27)26-25-14-18-7-3-5-9-21(18)30-23(28)17-10-12-19(24)13-11-17/h2-14H,15H2,1H3,(H,26,27)/b25-14-. The van der Waals surface area contributed by atoms with Gasteiger partial charge in [0.2, 0.25) is 0 Å². The maximum atomic E-state index is 12.3. The predicted octanol–water partition coefficient (Wildman–Crippen LogP) is 4.40. The van der Waals surface area contributed by atoms with Crippen molar-refractivity contribution in [3.05, 3.63) is 94.5 Å². The molecule has 0 fully saturated rings. The smallest absolute Gasteiger partial charge is 0.343 e. The summed E-state index contributed by atoms with van der Waals surface area (Å²) in [4.78, 5) is 24.3. The van der Waals surface area contributed by atoms with Crippen LogP contribution in [-0.2, 0) is 4.79 Å². The molecule has 0 radical (unpaired) electrons. The minimum absolute atomic E-state index is 0.171. The van der Waals surface area contributed by atoms with Crippen molar-refractivity contribution in [1.82, 2.24) is 5.43 Å². The van der Waals surface area contributed by atoms with Crippen LogP contribution in [0.1, 0.15) is 21.5 Å². The van der Waals surface area contributed by atoms with Crippen molar-refractivity contribution in [2.45, 2.75) is 6.92 Å². The summed E-state index contributed by atoms with van der Waals surface area (Å²) in [5.41, 5.74) is 4.22. The number of carbonyl (C=O) groups is 2. The minimum Gasteiger partial charge on any atom is -0.483 e. The van der Waals surface area contributed by atoms with E-state index in [0.717, 1.165) is 5.56 Å². The molecule has 0 aromatic heterocycles. The number of halogens is 1. The molecule has 7 heteroatoms. The van der Waals surface area contributed by atoms with E-state index in [4.69, 9.17) is 21.1 Å². The Hall–Kier alpha value is -3.64. The average molecular weight is 423 g/mol. The lowest BCUT2D eigenvalue weighted by Gasteiger charge is -2.08. The van der Waals surface area contributed by atoms with E-state index in [0.29, 0.717) is 27.6 Å². The molecule has 0 aliphatic heterocycles. The molecule has 3 aromatic carbocycles. The molecule has 0 aliphatic rings. The Morgan fingerprint density at radius 1 is 0.967 bits per heavy atom. The first-order valence-corrected chi connectivity index (χ1v) is 9.48. The summed E-state index contributed by atoms with van der Waals surface area (Å²) in [5.74, 6) is 0.0102. The summed E-state index contributed by atoms with van der Waals surface area (Å²) in [6, 6.07) is 20.6. The molecule has 152 valence electrons. The first-order chi connectivity index (χ1) is 14.5. The molecule has 0 saturated carbocycles. The van der Waals surface area contributed by atoms with Crippen LogP contribution in [0.5, 0.6) is 11.5 Å². The van der Waals surface area contributed by atoms with Gasteiger partial charge in [-0.25, -0.2) is 10.2 Å². The van der Waals surface area contributed by atoms with Crippen LogP contribution in [0, 0.1) is 6.92 Å². The third kappa shape index (κ3) is 5.93. The molecular weight excluding hydrogens is 404 g/mol. The molecule has 0 bridgehead atoms. The Balaban J connectivity index is 1.58. The average Bonchev–Trinajstić information content (AvgIpc) is 2.75. The van der Waals surface area contributed by atoms with E-state index in [-0.39, 0.29) is 6.61 Å². The van der Waals surface area contributed by atoms with Gasteiger partial charge in [-0.2, -0.15) is 5.10 Å². The minimum atomic E-state index is -0.525. The van der Waals surface area contributed by atoms with E-state index in [1.807, 2.05) is 25.1 Å².